The van der Waals surface area contributed by atoms with Gasteiger partial charge in [0.1, 0.15) is 0 Å². The Morgan fingerprint density at radius 2 is 1.02 bits per heavy atom. The van der Waals surface area contributed by atoms with E-state index in [1.807, 2.05) is 0 Å². The van der Waals surface area contributed by atoms with E-state index in [1.54, 1.807) is 0 Å². The molecule has 40 heavy (non-hydrogen) atoms. The minimum absolute atomic E-state index is 0.988. The summed E-state index contributed by atoms with van der Waals surface area (Å²) in [5, 5.41) is 5.32. The highest BCUT2D eigenvalue weighted by molar-refractivity contribution is 6.04. The SMILES string of the molecule is c1ccc(N(c2ccccc2)c2ccc(-c3ccc4cc5c(cc4c3)-c3cccc4cccc(c34)C5)cc2)cc1. The number of para-hydroxylation sites is 2. The van der Waals surface area contributed by atoms with Crippen LogP contribution in [0.25, 0.3) is 43.8 Å². The van der Waals surface area contributed by atoms with Crippen LogP contribution in [0.3, 0.4) is 0 Å². The molecule has 0 fully saturated rings. The summed E-state index contributed by atoms with van der Waals surface area (Å²) in [5.41, 5.74) is 11.5. The predicted molar refractivity (Wildman–Crippen MR) is 170 cm³/mol. The van der Waals surface area contributed by atoms with Crippen LogP contribution < -0.4 is 4.90 Å². The van der Waals surface area contributed by atoms with E-state index in [0.717, 1.165) is 23.5 Å². The summed E-state index contributed by atoms with van der Waals surface area (Å²) in [6, 6.07) is 55.1. The molecule has 1 heteroatoms. The lowest BCUT2D eigenvalue weighted by atomic mass is 9.82. The van der Waals surface area contributed by atoms with Gasteiger partial charge in [-0.25, -0.2) is 0 Å². The first-order chi connectivity index (χ1) is 19.8. The maximum atomic E-state index is 2.40. The van der Waals surface area contributed by atoms with Gasteiger partial charge in [-0.3, -0.25) is 0 Å². The summed E-state index contributed by atoms with van der Waals surface area (Å²) in [6.45, 7) is 0. The molecular weight excluding hydrogens is 482 g/mol. The van der Waals surface area contributed by atoms with Crippen molar-refractivity contribution in [1.82, 2.24) is 0 Å². The van der Waals surface area contributed by atoms with E-state index in [-0.39, 0.29) is 0 Å². The van der Waals surface area contributed by atoms with Gasteiger partial charge in [0.2, 0.25) is 0 Å². The van der Waals surface area contributed by atoms with Crippen molar-refractivity contribution in [1.29, 1.82) is 0 Å². The zero-order valence-electron chi connectivity index (χ0n) is 22.1. The van der Waals surface area contributed by atoms with Crippen LogP contribution in [0, 0.1) is 0 Å². The summed E-state index contributed by atoms with van der Waals surface area (Å²) in [6.07, 6.45) is 0.988. The van der Waals surface area contributed by atoms with Gasteiger partial charge in [0, 0.05) is 17.1 Å². The standard InChI is InChI=1S/C39H27N/c1-3-12-34(13-4-1)40(35-14-5-2-6-15-35)36-21-19-27(20-22-36)29-17-18-30-24-33-25-31-11-7-9-28-10-8-16-37(39(28)31)38(33)26-32(30)23-29/h1-24,26H,25H2. The summed E-state index contributed by atoms with van der Waals surface area (Å²) in [4.78, 5) is 2.30. The van der Waals surface area contributed by atoms with Gasteiger partial charge in [0.05, 0.1) is 0 Å². The molecule has 0 spiro atoms. The molecule has 7 aromatic carbocycles. The molecule has 0 atom stereocenters. The van der Waals surface area contributed by atoms with Crippen LogP contribution >= 0.6 is 0 Å². The van der Waals surface area contributed by atoms with Gasteiger partial charge in [-0.1, -0.05) is 103 Å². The molecule has 8 rings (SSSR count). The highest BCUT2D eigenvalue weighted by Crippen LogP contribution is 2.42. The Kier molecular flexibility index (Phi) is 5.28. The molecule has 0 saturated carbocycles. The molecule has 0 aromatic heterocycles. The molecule has 1 aliphatic rings. The summed E-state index contributed by atoms with van der Waals surface area (Å²) in [5.74, 6) is 0. The lowest BCUT2D eigenvalue weighted by Crippen LogP contribution is -2.09. The molecule has 0 aliphatic heterocycles. The molecule has 0 N–H and O–H groups in total. The molecule has 188 valence electrons. The Bertz CT molecular complexity index is 1960. The van der Waals surface area contributed by atoms with E-state index in [0.29, 0.717) is 0 Å². The van der Waals surface area contributed by atoms with Crippen LogP contribution in [-0.4, -0.2) is 0 Å². The number of rotatable bonds is 4. The maximum absolute atomic E-state index is 2.40. The second kappa shape index (κ2) is 9.25. The molecule has 0 amide bonds. The first kappa shape index (κ1) is 22.8. The lowest BCUT2D eigenvalue weighted by molar-refractivity contribution is 1.21. The van der Waals surface area contributed by atoms with Gasteiger partial charge in [-0.2, -0.15) is 0 Å². The molecule has 7 aromatic rings. The zero-order chi connectivity index (χ0) is 26.5. The van der Waals surface area contributed by atoms with Crippen molar-refractivity contribution < 1.29 is 0 Å². The first-order valence-corrected chi connectivity index (χ1v) is 13.9. The van der Waals surface area contributed by atoms with Gasteiger partial charge < -0.3 is 4.90 Å². The highest BCUT2D eigenvalue weighted by Gasteiger charge is 2.19. The van der Waals surface area contributed by atoms with Gasteiger partial charge in [0.15, 0.2) is 0 Å². The van der Waals surface area contributed by atoms with Crippen molar-refractivity contribution in [3.05, 3.63) is 163 Å². The second-order valence-electron chi connectivity index (χ2n) is 10.6. The highest BCUT2D eigenvalue weighted by atomic mass is 15.1. The Labute approximate surface area is 234 Å². The molecular formula is C39H27N. The minimum Gasteiger partial charge on any atom is -0.311 e. The number of nitrogens with zero attached hydrogens (tertiary/aromatic N) is 1. The van der Waals surface area contributed by atoms with Crippen molar-refractivity contribution in [2.75, 3.05) is 4.90 Å². The van der Waals surface area contributed by atoms with Crippen molar-refractivity contribution in [3.8, 4) is 22.3 Å². The van der Waals surface area contributed by atoms with Crippen molar-refractivity contribution in [3.63, 3.8) is 0 Å². The second-order valence-corrected chi connectivity index (χ2v) is 10.6. The third-order valence-corrected chi connectivity index (χ3v) is 8.21. The largest absolute Gasteiger partial charge is 0.311 e. The minimum atomic E-state index is 0.988. The zero-order valence-corrected chi connectivity index (χ0v) is 22.1. The van der Waals surface area contributed by atoms with Crippen molar-refractivity contribution >= 4 is 38.6 Å². The van der Waals surface area contributed by atoms with Crippen LogP contribution in [0.4, 0.5) is 17.1 Å². The number of fused-ring (bicyclic) bond motifs is 3. The molecule has 0 heterocycles. The Morgan fingerprint density at radius 1 is 0.375 bits per heavy atom. The van der Waals surface area contributed by atoms with Gasteiger partial charge in [-0.05, 0) is 110 Å². The van der Waals surface area contributed by atoms with Crippen LogP contribution in [0.2, 0.25) is 0 Å². The number of hydrogen-bond donors (Lipinski definition) is 0. The Hall–Kier alpha value is -5.14. The third kappa shape index (κ3) is 3.79. The molecule has 0 saturated heterocycles. The molecule has 0 bridgehead atoms. The van der Waals surface area contributed by atoms with Gasteiger partial charge >= 0.3 is 0 Å². The lowest BCUT2D eigenvalue weighted by Gasteiger charge is -2.25. The first-order valence-electron chi connectivity index (χ1n) is 13.9. The Morgan fingerprint density at radius 3 is 1.75 bits per heavy atom. The summed E-state index contributed by atoms with van der Waals surface area (Å²) in [7, 11) is 0. The summed E-state index contributed by atoms with van der Waals surface area (Å²) < 4.78 is 0. The normalized spacial score (nSPS) is 11.9. The third-order valence-electron chi connectivity index (χ3n) is 8.21. The van der Waals surface area contributed by atoms with E-state index in [9.17, 15) is 0 Å². The topological polar surface area (TPSA) is 3.24 Å². The fraction of sp³-hybridized carbons (Fsp3) is 0.0256. The molecule has 1 nitrogen and oxygen atoms in total. The van der Waals surface area contributed by atoms with Crippen LogP contribution in [0.5, 0.6) is 0 Å². The van der Waals surface area contributed by atoms with Crippen LogP contribution in [0.15, 0.2) is 152 Å². The van der Waals surface area contributed by atoms with E-state index >= 15 is 0 Å². The Balaban J connectivity index is 1.19. The fourth-order valence-electron chi connectivity index (χ4n) is 6.32. The smallest absolute Gasteiger partial charge is 0.0462 e. The van der Waals surface area contributed by atoms with E-state index in [2.05, 4.69) is 157 Å². The predicted octanol–water partition coefficient (Wildman–Crippen LogP) is 10.7. The van der Waals surface area contributed by atoms with Crippen molar-refractivity contribution in [2.24, 2.45) is 0 Å². The molecule has 0 unspecified atom stereocenters. The van der Waals surface area contributed by atoms with Crippen molar-refractivity contribution in [2.45, 2.75) is 6.42 Å². The molecule has 0 radical (unpaired) electrons. The summed E-state index contributed by atoms with van der Waals surface area (Å²) >= 11 is 0. The maximum Gasteiger partial charge on any atom is 0.0462 e. The fourth-order valence-corrected chi connectivity index (χ4v) is 6.32. The van der Waals surface area contributed by atoms with E-state index in [1.165, 1.54) is 54.9 Å². The van der Waals surface area contributed by atoms with E-state index < -0.39 is 0 Å². The number of hydrogen-bond acceptors (Lipinski definition) is 1. The molecule has 1 aliphatic carbocycles. The number of anilines is 3. The average Bonchev–Trinajstić information content (AvgIpc) is 3.02. The van der Waals surface area contributed by atoms with Crippen LogP contribution in [0.1, 0.15) is 11.1 Å². The number of benzene rings is 7. The van der Waals surface area contributed by atoms with Crippen LogP contribution in [-0.2, 0) is 6.42 Å². The van der Waals surface area contributed by atoms with Gasteiger partial charge in [0.25, 0.3) is 0 Å². The average molecular weight is 510 g/mol. The van der Waals surface area contributed by atoms with Gasteiger partial charge in [-0.15, -0.1) is 0 Å². The quantitative estimate of drug-likeness (QED) is 0.228. The monoisotopic (exact) mass is 509 g/mol. The van der Waals surface area contributed by atoms with E-state index in [4.69, 9.17) is 0 Å².